The van der Waals surface area contributed by atoms with Gasteiger partial charge in [-0.05, 0) is 45.0 Å². The summed E-state index contributed by atoms with van der Waals surface area (Å²) < 4.78 is 30.9. The quantitative estimate of drug-likeness (QED) is 0.371. The molecule has 0 atom stereocenters. The molecular formula is C23H26ClN2O6P. The van der Waals surface area contributed by atoms with Crippen LogP contribution in [0.3, 0.4) is 0 Å². The Morgan fingerprint density at radius 2 is 1.67 bits per heavy atom. The molecule has 176 valence electrons. The van der Waals surface area contributed by atoms with E-state index in [9.17, 15) is 14.2 Å². The molecule has 0 unspecified atom stereocenters. The van der Waals surface area contributed by atoms with Crippen LogP contribution in [-0.4, -0.2) is 30.2 Å². The lowest BCUT2D eigenvalue weighted by Crippen LogP contribution is -2.37. The molecule has 10 heteroatoms. The number of nitrogens with zero attached hydrogens (tertiary/aromatic N) is 2. The van der Waals surface area contributed by atoms with Crippen LogP contribution < -0.4 is 15.0 Å². The summed E-state index contributed by atoms with van der Waals surface area (Å²) >= 11 is 6.49. The highest BCUT2D eigenvalue weighted by Gasteiger charge is 2.35. The van der Waals surface area contributed by atoms with Crippen LogP contribution in [0.2, 0.25) is 5.02 Å². The first-order valence-electron chi connectivity index (χ1n) is 10.5. The molecule has 0 aliphatic heterocycles. The summed E-state index contributed by atoms with van der Waals surface area (Å²) in [6, 6.07) is 13.8. The number of hydrogen-bond donors (Lipinski definition) is 0. The van der Waals surface area contributed by atoms with Crippen molar-refractivity contribution in [2.24, 2.45) is 7.05 Å². The van der Waals surface area contributed by atoms with E-state index < -0.39 is 19.3 Å². The van der Waals surface area contributed by atoms with Gasteiger partial charge in [0, 0.05) is 19.3 Å². The Labute approximate surface area is 197 Å². The number of pyridine rings is 1. The zero-order valence-electron chi connectivity index (χ0n) is 18.9. The topological polar surface area (TPSA) is 87.1 Å². The largest absolute Gasteiger partial charge is 0.530 e. The van der Waals surface area contributed by atoms with Gasteiger partial charge in [-0.3, -0.25) is 18.6 Å². The number of para-hydroxylation sites is 1. The van der Waals surface area contributed by atoms with Gasteiger partial charge in [-0.2, -0.15) is 0 Å². The van der Waals surface area contributed by atoms with Crippen molar-refractivity contribution in [1.29, 1.82) is 0 Å². The Balaban J connectivity index is 2.34. The van der Waals surface area contributed by atoms with Crippen LogP contribution in [0.1, 0.15) is 31.1 Å². The molecule has 1 amide bonds. The Kier molecular flexibility index (Phi) is 7.97. The summed E-state index contributed by atoms with van der Waals surface area (Å²) in [6.07, 6.45) is 0. The average molecular weight is 493 g/mol. The number of anilines is 1. The summed E-state index contributed by atoms with van der Waals surface area (Å²) in [5.74, 6) is -0.857. The number of rotatable bonds is 9. The molecule has 0 aliphatic rings. The lowest BCUT2D eigenvalue weighted by atomic mass is 10.1. The van der Waals surface area contributed by atoms with Crippen molar-refractivity contribution < 1.29 is 22.9 Å². The number of benzene rings is 2. The highest BCUT2D eigenvalue weighted by Crippen LogP contribution is 2.52. The number of aromatic nitrogens is 1. The van der Waals surface area contributed by atoms with Gasteiger partial charge in [0.1, 0.15) is 5.56 Å². The molecule has 0 spiro atoms. The minimum atomic E-state index is -4.16. The second-order valence-corrected chi connectivity index (χ2v) is 8.96. The Morgan fingerprint density at radius 1 is 1.03 bits per heavy atom. The van der Waals surface area contributed by atoms with Crippen molar-refractivity contribution in [3.8, 4) is 5.75 Å². The van der Waals surface area contributed by atoms with Gasteiger partial charge in [-0.1, -0.05) is 35.9 Å². The van der Waals surface area contributed by atoms with Gasteiger partial charge in [-0.25, -0.2) is 4.57 Å². The van der Waals surface area contributed by atoms with Gasteiger partial charge in [-0.15, -0.1) is 0 Å². The predicted octanol–water partition coefficient (Wildman–Crippen LogP) is 5.42. The van der Waals surface area contributed by atoms with Gasteiger partial charge >= 0.3 is 7.82 Å². The lowest BCUT2D eigenvalue weighted by molar-refractivity contribution is 0.0984. The standard InChI is InChI=1S/C23H26ClN2O6P/c1-5-26(16-12-9-8-10-13-16)23(28)20-21(32-33(29,30-6-2)31-7-3)19-17(24)14-11-15-18(19)25(4)22(20)27/h8-15H,5-7H2,1-4H3. The molecule has 0 saturated carbocycles. The van der Waals surface area contributed by atoms with E-state index in [-0.39, 0.29) is 41.5 Å². The summed E-state index contributed by atoms with van der Waals surface area (Å²) in [7, 11) is -2.62. The second-order valence-electron chi connectivity index (χ2n) is 6.96. The number of halogens is 1. The number of fused-ring (bicyclic) bond motifs is 1. The van der Waals surface area contributed by atoms with Crippen LogP contribution in [-0.2, 0) is 20.7 Å². The van der Waals surface area contributed by atoms with Gasteiger partial charge in [0.25, 0.3) is 11.5 Å². The van der Waals surface area contributed by atoms with Crippen LogP contribution in [0, 0.1) is 0 Å². The minimum Gasteiger partial charge on any atom is -0.402 e. The molecule has 2 aromatic carbocycles. The first kappa shape index (κ1) is 25.0. The zero-order chi connectivity index (χ0) is 24.2. The minimum absolute atomic E-state index is 0.0299. The molecule has 8 nitrogen and oxygen atoms in total. The predicted molar refractivity (Wildman–Crippen MR) is 129 cm³/mol. The fourth-order valence-corrected chi connectivity index (χ4v) is 4.97. The SMILES string of the molecule is CCOP(=O)(OCC)Oc1c(C(=O)N(CC)c2ccccc2)c(=O)n(C)c2cccc(Cl)c12. The Bertz CT molecular complexity index is 1250. The maximum atomic E-state index is 13.7. The van der Waals surface area contributed by atoms with Gasteiger partial charge < -0.3 is 14.0 Å². The van der Waals surface area contributed by atoms with Crippen molar-refractivity contribution in [3.05, 3.63) is 69.5 Å². The van der Waals surface area contributed by atoms with Crippen molar-refractivity contribution in [2.75, 3.05) is 24.7 Å². The highest BCUT2D eigenvalue weighted by atomic mass is 35.5. The maximum absolute atomic E-state index is 13.7. The van der Waals surface area contributed by atoms with Gasteiger partial charge in [0.15, 0.2) is 5.75 Å². The number of phosphoric acid groups is 1. The molecule has 0 fully saturated rings. The van der Waals surface area contributed by atoms with Crippen LogP contribution >= 0.6 is 19.4 Å². The summed E-state index contributed by atoms with van der Waals surface area (Å²) in [5.41, 5.74) is 0.0542. The lowest BCUT2D eigenvalue weighted by Gasteiger charge is -2.25. The number of carbonyl (C=O) groups is 1. The fraction of sp³-hybridized carbons (Fsp3) is 0.304. The number of amides is 1. The van der Waals surface area contributed by atoms with E-state index in [1.807, 2.05) is 6.07 Å². The molecule has 1 heterocycles. The normalized spacial score (nSPS) is 11.5. The monoisotopic (exact) mass is 492 g/mol. The van der Waals surface area contributed by atoms with Crippen molar-refractivity contribution >= 4 is 41.9 Å². The summed E-state index contributed by atoms with van der Waals surface area (Å²) in [4.78, 5) is 28.6. The second kappa shape index (κ2) is 10.5. The molecule has 33 heavy (non-hydrogen) atoms. The van der Waals surface area contributed by atoms with Gasteiger partial charge in [0.2, 0.25) is 0 Å². The summed E-state index contributed by atoms with van der Waals surface area (Å²) in [6.45, 7) is 5.38. The van der Waals surface area contributed by atoms with E-state index in [0.717, 1.165) is 0 Å². The molecular weight excluding hydrogens is 467 g/mol. The Hall–Kier alpha value is -2.64. The first-order valence-corrected chi connectivity index (χ1v) is 12.4. The van der Waals surface area contributed by atoms with Crippen LogP contribution in [0.15, 0.2) is 53.3 Å². The molecule has 1 aromatic heterocycles. The molecule has 3 rings (SSSR count). The van der Waals surface area contributed by atoms with Crippen LogP contribution in [0.5, 0.6) is 5.75 Å². The molecule has 3 aromatic rings. The number of hydrogen-bond acceptors (Lipinski definition) is 6. The number of aryl methyl sites for hydroxylation is 1. The van der Waals surface area contributed by atoms with Crippen molar-refractivity contribution in [2.45, 2.75) is 20.8 Å². The summed E-state index contributed by atoms with van der Waals surface area (Å²) in [5, 5.41) is 0.475. The molecule has 0 saturated heterocycles. The maximum Gasteiger partial charge on any atom is 0.530 e. The average Bonchev–Trinajstić information content (AvgIpc) is 2.79. The molecule has 0 radical (unpaired) electrons. The number of carbonyl (C=O) groups excluding carboxylic acids is 1. The van der Waals surface area contributed by atoms with Crippen LogP contribution in [0.4, 0.5) is 5.69 Å². The van der Waals surface area contributed by atoms with E-state index in [2.05, 4.69) is 0 Å². The number of phosphoric ester groups is 1. The van der Waals surface area contributed by atoms with Crippen LogP contribution in [0.25, 0.3) is 10.9 Å². The Morgan fingerprint density at radius 3 is 2.24 bits per heavy atom. The zero-order valence-corrected chi connectivity index (χ0v) is 20.6. The van der Waals surface area contributed by atoms with E-state index in [1.54, 1.807) is 63.2 Å². The highest BCUT2D eigenvalue weighted by molar-refractivity contribution is 7.49. The fourth-order valence-electron chi connectivity index (χ4n) is 3.50. The van der Waals surface area contributed by atoms with E-state index in [4.69, 9.17) is 25.2 Å². The third-order valence-electron chi connectivity index (χ3n) is 4.95. The third-order valence-corrected chi connectivity index (χ3v) is 6.82. The first-order chi connectivity index (χ1) is 15.8. The smallest absolute Gasteiger partial charge is 0.402 e. The molecule has 0 bridgehead atoms. The molecule has 0 N–H and O–H groups in total. The van der Waals surface area contributed by atoms with E-state index >= 15 is 0 Å². The van der Waals surface area contributed by atoms with E-state index in [0.29, 0.717) is 11.2 Å². The van der Waals surface area contributed by atoms with Crippen molar-refractivity contribution in [1.82, 2.24) is 4.57 Å². The third kappa shape index (κ3) is 4.99. The van der Waals surface area contributed by atoms with Crippen molar-refractivity contribution in [3.63, 3.8) is 0 Å². The molecule has 0 aliphatic carbocycles. The van der Waals surface area contributed by atoms with Gasteiger partial charge in [0.05, 0.1) is 29.1 Å². The van der Waals surface area contributed by atoms with E-state index in [1.165, 1.54) is 16.5 Å².